The first-order valence-electron chi connectivity index (χ1n) is 10.0. The quantitative estimate of drug-likeness (QED) is 0.195. The highest BCUT2D eigenvalue weighted by Crippen LogP contribution is 2.38. The normalized spacial score (nSPS) is 11.5. The molecule has 9 nitrogen and oxygen atoms in total. The number of imide groups is 1. The van der Waals surface area contributed by atoms with E-state index in [1.165, 1.54) is 18.3 Å². The summed E-state index contributed by atoms with van der Waals surface area (Å²) in [6.07, 6.45) is -3.60. The second-order valence-electron chi connectivity index (χ2n) is 6.97. The van der Waals surface area contributed by atoms with E-state index in [2.05, 4.69) is 4.98 Å². The van der Waals surface area contributed by atoms with Crippen LogP contribution in [0, 0.1) is 5.82 Å². The number of carbonyl (C=O) groups is 3. The molecule has 0 fully saturated rings. The third-order valence-corrected chi connectivity index (χ3v) is 4.52. The van der Waals surface area contributed by atoms with Crippen molar-refractivity contribution >= 4 is 35.6 Å². The first-order valence-corrected chi connectivity index (χ1v) is 10.4. The lowest BCUT2D eigenvalue weighted by Crippen LogP contribution is -2.32. The van der Waals surface area contributed by atoms with Gasteiger partial charge in [-0.3, -0.25) is 9.59 Å². The summed E-state index contributed by atoms with van der Waals surface area (Å²) in [6, 6.07) is 4.34. The van der Waals surface area contributed by atoms with Crippen LogP contribution in [0.1, 0.15) is 6.92 Å². The third kappa shape index (κ3) is 7.31. The van der Waals surface area contributed by atoms with Crippen molar-refractivity contribution in [1.29, 1.82) is 0 Å². The Morgan fingerprint density at radius 2 is 1.89 bits per heavy atom. The number of benzene rings is 1. The predicted molar refractivity (Wildman–Crippen MR) is 119 cm³/mol. The number of amides is 2. The van der Waals surface area contributed by atoms with Crippen LogP contribution in [-0.2, 0) is 19.1 Å². The van der Waals surface area contributed by atoms with Gasteiger partial charge in [-0.2, -0.15) is 13.2 Å². The van der Waals surface area contributed by atoms with Gasteiger partial charge in [0.25, 0.3) is 11.8 Å². The van der Waals surface area contributed by atoms with Gasteiger partial charge in [0, 0.05) is 32.4 Å². The molecule has 1 aromatic heterocycles. The molecule has 0 aliphatic heterocycles. The predicted octanol–water partition coefficient (Wildman–Crippen LogP) is 4.11. The van der Waals surface area contributed by atoms with Gasteiger partial charge < -0.3 is 19.1 Å². The molecule has 0 bridgehead atoms. The van der Waals surface area contributed by atoms with E-state index in [4.69, 9.17) is 25.8 Å². The van der Waals surface area contributed by atoms with E-state index in [1.54, 1.807) is 6.92 Å². The molecule has 2 rings (SSSR count). The Morgan fingerprint density at radius 1 is 1.19 bits per heavy atom. The Hall–Kier alpha value is -3.87. The van der Waals surface area contributed by atoms with Crippen LogP contribution in [0.15, 0.2) is 42.2 Å². The smallest absolute Gasteiger partial charge is 0.431 e. The molecular weight excluding hydrogens is 514 g/mol. The summed E-state index contributed by atoms with van der Waals surface area (Å²) in [6.45, 7) is 1.23. The summed E-state index contributed by atoms with van der Waals surface area (Å²) in [7, 11) is 2.09. The average molecular weight is 534 g/mol. The van der Waals surface area contributed by atoms with Gasteiger partial charge in [0.2, 0.25) is 6.41 Å². The van der Waals surface area contributed by atoms with E-state index in [0.717, 1.165) is 20.2 Å². The van der Waals surface area contributed by atoms with Crippen LogP contribution in [0.25, 0.3) is 0 Å². The minimum atomic E-state index is -4.92. The fourth-order valence-corrected chi connectivity index (χ4v) is 2.86. The third-order valence-electron chi connectivity index (χ3n) is 4.22. The molecule has 0 radical (unpaired) electrons. The topological polar surface area (TPSA) is 98.3 Å². The van der Waals surface area contributed by atoms with Crippen LogP contribution in [0.4, 0.5) is 23.2 Å². The van der Waals surface area contributed by atoms with Gasteiger partial charge in [-0.1, -0.05) is 11.6 Å². The number of anilines is 1. The fraction of sp³-hybridized carbons (Fsp3) is 0.273. The molecule has 0 atom stereocenters. The largest absolute Gasteiger partial charge is 0.463 e. The summed E-state index contributed by atoms with van der Waals surface area (Å²) < 4.78 is 69.8. The zero-order valence-electron chi connectivity index (χ0n) is 19.1. The van der Waals surface area contributed by atoms with Crippen molar-refractivity contribution in [2.24, 2.45) is 0 Å². The number of esters is 1. The fourth-order valence-electron chi connectivity index (χ4n) is 2.67. The highest BCUT2D eigenvalue weighted by Gasteiger charge is 2.37. The van der Waals surface area contributed by atoms with Gasteiger partial charge in [-0.15, -0.1) is 0 Å². The molecule has 0 saturated heterocycles. The van der Waals surface area contributed by atoms with Gasteiger partial charge >= 0.3 is 12.1 Å². The molecule has 194 valence electrons. The molecule has 0 aliphatic rings. The number of carbonyl (C=O) groups excluding carboxylic acids is 3. The number of hydrogen-bond donors (Lipinski definition) is 0. The van der Waals surface area contributed by atoms with E-state index in [1.807, 2.05) is 0 Å². The number of ether oxygens (including phenoxy) is 3. The van der Waals surface area contributed by atoms with Crippen LogP contribution >= 0.6 is 11.6 Å². The Kier molecular flexibility index (Phi) is 9.61. The molecule has 0 saturated carbocycles. The first kappa shape index (κ1) is 28.4. The van der Waals surface area contributed by atoms with Crippen molar-refractivity contribution < 1.29 is 46.2 Å². The van der Waals surface area contributed by atoms with Gasteiger partial charge in [-0.05, 0) is 25.1 Å². The number of aromatic nitrogens is 1. The number of allylic oxidation sites excluding steroid dienone is 1. The van der Waals surface area contributed by atoms with Crippen molar-refractivity contribution in [1.82, 2.24) is 9.88 Å². The molecule has 0 spiro atoms. The monoisotopic (exact) mass is 533 g/mol. The molecule has 0 unspecified atom stereocenters. The Labute approximate surface area is 207 Å². The zero-order chi connectivity index (χ0) is 27.0. The van der Waals surface area contributed by atoms with Crippen molar-refractivity contribution in [2.45, 2.75) is 13.1 Å². The summed E-state index contributed by atoms with van der Waals surface area (Å²) in [5, 5.41) is -0.311. The maximum atomic E-state index is 14.6. The molecule has 1 aromatic carbocycles. The van der Waals surface area contributed by atoms with Gasteiger partial charge in [0.15, 0.2) is 12.4 Å². The molecule has 2 amide bonds. The van der Waals surface area contributed by atoms with Crippen LogP contribution in [0.2, 0.25) is 5.02 Å². The second-order valence-corrected chi connectivity index (χ2v) is 7.38. The lowest BCUT2D eigenvalue weighted by molar-refractivity contribution is -0.145. The molecular formula is C22H20ClF4N3O6. The Balaban J connectivity index is 2.42. The highest BCUT2D eigenvalue weighted by molar-refractivity contribution is 6.32. The number of rotatable bonds is 10. The van der Waals surface area contributed by atoms with Crippen molar-refractivity contribution in [3.8, 4) is 17.4 Å². The maximum absolute atomic E-state index is 14.6. The van der Waals surface area contributed by atoms with Crippen molar-refractivity contribution in [2.75, 3.05) is 32.2 Å². The highest BCUT2D eigenvalue weighted by atomic mass is 35.5. The van der Waals surface area contributed by atoms with E-state index >= 15 is 0 Å². The van der Waals surface area contributed by atoms with Crippen LogP contribution < -0.4 is 14.4 Å². The summed E-state index contributed by atoms with van der Waals surface area (Å²) in [4.78, 5) is 40.3. The molecule has 14 heteroatoms. The van der Waals surface area contributed by atoms with E-state index < -0.39 is 41.9 Å². The minimum Gasteiger partial charge on any atom is -0.463 e. The summed E-state index contributed by atoms with van der Waals surface area (Å²) >= 11 is 6.03. The summed E-state index contributed by atoms with van der Waals surface area (Å²) in [5.74, 6) is -3.89. The molecule has 0 N–H and O–H groups in total. The Bertz CT molecular complexity index is 1160. The van der Waals surface area contributed by atoms with Crippen molar-refractivity contribution in [3.05, 3.63) is 53.1 Å². The van der Waals surface area contributed by atoms with Gasteiger partial charge in [-0.25, -0.2) is 19.1 Å². The lowest BCUT2D eigenvalue weighted by Gasteiger charge is -2.21. The average Bonchev–Trinajstić information content (AvgIpc) is 2.79. The van der Waals surface area contributed by atoms with Gasteiger partial charge in [0.05, 0.1) is 17.3 Å². The lowest BCUT2D eigenvalue weighted by atomic mass is 10.2. The number of halogens is 5. The minimum absolute atomic E-state index is 0.0860. The van der Waals surface area contributed by atoms with Crippen LogP contribution in [0.5, 0.6) is 17.4 Å². The van der Waals surface area contributed by atoms with E-state index in [0.29, 0.717) is 11.0 Å². The standard InChI is InChI=1S/C22H20ClF4N3O6/c1-4-34-20(33)11-35-21-16(6-5-7-28-21)36-17-9-15(14(24)8-13(17)23)30(12-31)19(32)10-18(29(2)3)22(25,26)27/h5-10,12H,4,11H2,1-3H3/b18-10-. The second kappa shape index (κ2) is 12.2. The first-order chi connectivity index (χ1) is 16.9. The van der Waals surface area contributed by atoms with Crippen LogP contribution in [-0.4, -0.2) is 61.7 Å². The van der Waals surface area contributed by atoms with Crippen LogP contribution in [0.3, 0.4) is 0 Å². The molecule has 36 heavy (non-hydrogen) atoms. The molecule has 0 aliphatic carbocycles. The van der Waals surface area contributed by atoms with Crippen molar-refractivity contribution in [3.63, 3.8) is 0 Å². The maximum Gasteiger partial charge on any atom is 0.431 e. The Morgan fingerprint density at radius 3 is 2.47 bits per heavy atom. The zero-order valence-corrected chi connectivity index (χ0v) is 19.9. The van der Waals surface area contributed by atoms with E-state index in [-0.39, 0.29) is 46.4 Å². The van der Waals surface area contributed by atoms with E-state index in [9.17, 15) is 31.9 Å². The summed E-state index contributed by atoms with van der Waals surface area (Å²) in [5.41, 5.74) is -2.10. The SMILES string of the molecule is CCOC(=O)COc1ncccc1Oc1cc(N(C=O)C(=O)/C=C(\N(C)C)C(F)(F)F)c(F)cc1Cl. The number of nitrogens with zero attached hydrogens (tertiary/aromatic N) is 3. The number of hydrogen-bond acceptors (Lipinski definition) is 8. The molecule has 2 aromatic rings. The van der Waals surface area contributed by atoms with Gasteiger partial charge in [0.1, 0.15) is 17.3 Å². The number of alkyl halides is 3. The molecule has 1 heterocycles. The number of pyridine rings is 1.